The van der Waals surface area contributed by atoms with Crippen LogP contribution >= 0.6 is 0 Å². The largest absolute Gasteiger partial charge is 0.469 e. The van der Waals surface area contributed by atoms with Crippen molar-refractivity contribution in [2.45, 2.75) is 30.6 Å². The van der Waals surface area contributed by atoms with Gasteiger partial charge in [0.25, 0.3) is 0 Å². The lowest BCUT2D eigenvalue weighted by molar-refractivity contribution is -0.140. The Labute approximate surface area is 109 Å². The number of esters is 1. The molecule has 1 aromatic rings. The third-order valence-electron chi connectivity index (χ3n) is 2.51. The third-order valence-corrected chi connectivity index (χ3v) is 3.97. The number of carbonyl (C=O) groups is 1. The normalized spacial score (nSPS) is 12.1. The molecule has 0 aliphatic heterocycles. The van der Waals surface area contributed by atoms with Crippen LogP contribution in [0.15, 0.2) is 29.2 Å². The number of ether oxygens (including phenoxy) is 1. The van der Waals surface area contributed by atoms with Crippen LogP contribution in [0.25, 0.3) is 0 Å². The molecule has 0 heterocycles. The van der Waals surface area contributed by atoms with Crippen LogP contribution in [0.3, 0.4) is 0 Å². The van der Waals surface area contributed by atoms with E-state index < -0.39 is 10.8 Å². The molecule has 1 unspecified atom stereocenters. The Morgan fingerprint density at radius 2 is 1.89 bits per heavy atom. The van der Waals surface area contributed by atoms with Gasteiger partial charge < -0.3 is 4.74 Å². The molecule has 0 aromatic heterocycles. The average Bonchev–Trinajstić information content (AvgIpc) is 2.38. The maximum atomic E-state index is 12.7. The summed E-state index contributed by atoms with van der Waals surface area (Å²) in [5, 5.41) is 0. The molecule has 0 aliphatic rings. The standard InChI is InChI=1S/C13H17FO3S/c1-17-13(15)5-3-2-4-10-18(16)12-8-6-11(14)7-9-12/h6-9H,2-5,10H2,1H3. The molecular formula is C13H17FO3S. The summed E-state index contributed by atoms with van der Waals surface area (Å²) in [6.45, 7) is 0. The zero-order chi connectivity index (χ0) is 13.4. The Balaban J connectivity index is 2.21. The van der Waals surface area contributed by atoms with Gasteiger partial charge in [-0.2, -0.15) is 0 Å². The smallest absolute Gasteiger partial charge is 0.305 e. The molecule has 0 saturated heterocycles. The van der Waals surface area contributed by atoms with E-state index in [9.17, 15) is 13.4 Å². The molecule has 3 nitrogen and oxygen atoms in total. The van der Waals surface area contributed by atoms with Gasteiger partial charge in [-0.3, -0.25) is 9.00 Å². The average molecular weight is 272 g/mol. The van der Waals surface area contributed by atoms with E-state index in [1.807, 2.05) is 0 Å². The number of benzene rings is 1. The maximum absolute atomic E-state index is 12.7. The summed E-state index contributed by atoms with van der Waals surface area (Å²) in [6.07, 6.45) is 2.76. The number of methoxy groups -OCH3 is 1. The molecule has 1 rings (SSSR count). The zero-order valence-corrected chi connectivity index (χ0v) is 11.2. The summed E-state index contributed by atoms with van der Waals surface area (Å²) >= 11 is 0. The summed E-state index contributed by atoms with van der Waals surface area (Å²) in [5.41, 5.74) is 0. The van der Waals surface area contributed by atoms with E-state index in [0.29, 0.717) is 17.1 Å². The van der Waals surface area contributed by atoms with Crippen molar-refractivity contribution in [1.29, 1.82) is 0 Å². The van der Waals surface area contributed by atoms with E-state index >= 15 is 0 Å². The highest BCUT2D eigenvalue weighted by Crippen LogP contribution is 2.10. The molecule has 0 fully saturated rings. The molecule has 5 heteroatoms. The van der Waals surface area contributed by atoms with Crippen LogP contribution in [0.5, 0.6) is 0 Å². The van der Waals surface area contributed by atoms with Crippen LogP contribution in [0.1, 0.15) is 25.7 Å². The van der Waals surface area contributed by atoms with E-state index in [1.165, 1.54) is 19.2 Å². The lowest BCUT2D eigenvalue weighted by Crippen LogP contribution is -2.01. The molecular weight excluding hydrogens is 255 g/mol. The van der Waals surface area contributed by atoms with Gasteiger partial charge in [0, 0.05) is 17.1 Å². The van der Waals surface area contributed by atoms with Crippen molar-refractivity contribution in [3.63, 3.8) is 0 Å². The van der Waals surface area contributed by atoms with Crippen molar-refractivity contribution in [2.75, 3.05) is 12.9 Å². The van der Waals surface area contributed by atoms with Crippen molar-refractivity contribution in [3.8, 4) is 0 Å². The molecule has 0 N–H and O–H groups in total. The maximum Gasteiger partial charge on any atom is 0.305 e. The van der Waals surface area contributed by atoms with Gasteiger partial charge in [-0.1, -0.05) is 6.42 Å². The molecule has 0 spiro atoms. The fourth-order valence-corrected chi connectivity index (χ4v) is 2.63. The molecule has 100 valence electrons. The predicted molar refractivity (Wildman–Crippen MR) is 68.2 cm³/mol. The highest BCUT2D eigenvalue weighted by atomic mass is 32.2. The lowest BCUT2D eigenvalue weighted by atomic mass is 10.2. The minimum absolute atomic E-state index is 0.213. The summed E-state index contributed by atoms with van der Waals surface area (Å²) in [7, 11) is 0.277. The summed E-state index contributed by atoms with van der Waals surface area (Å²) in [6, 6.07) is 5.70. The molecule has 0 amide bonds. The van der Waals surface area contributed by atoms with Crippen LogP contribution in [0.4, 0.5) is 4.39 Å². The topological polar surface area (TPSA) is 43.4 Å². The molecule has 0 bridgehead atoms. The number of halogens is 1. The lowest BCUT2D eigenvalue weighted by Gasteiger charge is -2.02. The number of hydrogen-bond acceptors (Lipinski definition) is 3. The molecule has 18 heavy (non-hydrogen) atoms. The van der Waals surface area contributed by atoms with Crippen molar-refractivity contribution in [1.82, 2.24) is 0 Å². The third kappa shape index (κ3) is 5.40. The van der Waals surface area contributed by atoms with E-state index in [1.54, 1.807) is 12.1 Å². The van der Waals surface area contributed by atoms with Crippen molar-refractivity contribution in [3.05, 3.63) is 30.1 Å². The minimum Gasteiger partial charge on any atom is -0.469 e. The van der Waals surface area contributed by atoms with Gasteiger partial charge in [0.1, 0.15) is 5.82 Å². The van der Waals surface area contributed by atoms with Crippen molar-refractivity contribution >= 4 is 16.8 Å². The minimum atomic E-state index is -1.09. The first-order valence-electron chi connectivity index (χ1n) is 5.84. The SMILES string of the molecule is COC(=O)CCCCCS(=O)c1ccc(F)cc1. The van der Waals surface area contributed by atoms with Gasteiger partial charge in [-0.25, -0.2) is 4.39 Å². The first-order chi connectivity index (χ1) is 8.63. The van der Waals surface area contributed by atoms with Crippen molar-refractivity contribution < 1.29 is 18.1 Å². The highest BCUT2D eigenvalue weighted by Gasteiger charge is 2.04. The fourth-order valence-electron chi connectivity index (χ4n) is 1.49. The van der Waals surface area contributed by atoms with Crippen LogP contribution in [0, 0.1) is 5.82 Å². The Kier molecular flexibility index (Phi) is 6.57. The highest BCUT2D eigenvalue weighted by molar-refractivity contribution is 7.85. The zero-order valence-electron chi connectivity index (χ0n) is 10.4. The van der Waals surface area contributed by atoms with Crippen LogP contribution in [-0.2, 0) is 20.3 Å². The van der Waals surface area contributed by atoms with Gasteiger partial charge in [0.2, 0.25) is 0 Å². The van der Waals surface area contributed by atoms with Crippen LogP contribution in [0.2, 0.25) is 0 Å². The number of unbranched alkanes of at least 4 members (excludes halogenated alkanes) is 2. The number of hydrogen-bond donors (Lipinski definition) is 0. The number of carbonyl (C=O) groups excluding carboxylic acids is 1. The van der Waals surface area contributed by atoms with Crippen molar-refractivity contribution in [2.24, 2.45) is 0 Å². The molecule has 0 saturated carbocycles. The first kappa shape index (κ1) is 14.8. The van der Waals surface area contributed by atoms with Gasteiger partial charge >= 0.3 is 5.97 Å². The monoisotopic (exact) mass is 272 g/mol. The molecule has 0 radical (unpaired) electrons. The first-order valence-corrected chi connectivity index (χ1v) is 7.16. The van der Waals surface area contributed by atoms with E-state index in [2.05, 4.69) is 4.74 Å². The molecule has 1 atom stereocenters. The summed E-state index contributed by atoms with van der Waals surface area (Å²) in [5.74, 6) is -0.00391. The Morgan fingerprint density at radius 1 is 1.22 bits per heavy atom. The predicted octanol–water partition coefficient (Wildman–Crippen LogP) is 2.67. The second-order valence-corrected chi connectivity index (χ2v) is 5.46. The summed E-state index contributed by atoms with van der Waals surface area (Å²) in [4.78, 5) is 11.5. The van der Waals surface area contributed by atoms with E-state index in [0.717, 1.165) is 19.3 Å². The Hall–Kier alpha value is -1.23. The Bertz CT molecular complexity index is 403. The molecule has 0 aliphatic carbocycles. The van der Waals surface area contributed by atoms with Crippen LogP contribution in [-0.4, -0.2) is 23.0 Å². The fraction of sp³-hybridized carbons (Fsp3) is 0.462. The van der Waals surface area contributed by atoms with Gasteiger partial charge in [0.05, 0.1) is 17.9 Å². The number of rotatable bonds is 7. The van der Waals surface area contributed by atoms with Gasteiger partial charge in [-0.15, -0.1) is 0 Å². The van der Waals surface area contributed by atoms with Crippen LogP contribution < -0.4 is 0 Å². The second kappa shape index (κ2) is 7.97. The summed E-state index contributed by atoms with van der Waals surface area (Å²) < 4.78 is 29.0. The quantitative estimate of drug-likeness (QED) is 0.566. The molecule has 1 aromatic carbocycles. The van der Waals surface area contributed by atoms with Gasteiger partial charge in [-0.05, 0) is 37.1 Å². The van der Waals surface area contributed by atoms with E-state index in [4.69, 9.17) is 0 Å². The second-order valence-electron chi connectivity index (χ2n) is 3.89. The van der Waals surface area contributed by atoms with E-state index in [-0.39, 0.29) is 11.8 Å². The van der Waals surface area contributed by atoms with Gasteiger partial charge in [0.15, 0.2) is 0 Å². The Morgan fingerprint density at radius 3 is 2.50 bits per heavy atom.